The van der Waals surface area contributed by atoms with E-state index in [9.17, 15) is 18.5 Å². The highest BCUT2D eigenvalue weighted by Crippen LogP contribution is 2.25. The molecule has 0 heterocycles. The SMILES string of the molecule is Cc1cc(S(=O)(=O)Cc2ccccc2[N+](=O)[O-])ccc1N. The molecular weight excluding hydrogens is 292 g/mol. The molecule has 0 saturated heterocycles. The van der Waals surface area contributed by atoms with Crippen molar-refractivity contribution >= 4 is 21.2 Å². The second kappa shape index (κ2) is 5.53. The third-order valence-corrected chi connectivity index (χ3v) is 4.80. The van der Waals surface area contributed by atoms with Gasteiger partial charge in [0, 0.05) is 17.3 Å². The molecule has 6 nitrogen and oxygen atoms in total. The van der Waals surface area contributed by atoms with Crippen LogP contribution in [0.25, 0.3) is 0 Å². The van der Waals surface area contributed by atoms with Crippen molar-refractivity contribution in [2.75, 3.05) is 5.73 Å². The molecule has 0 atom stereocenters. The van der Waals surface area contributed by atoms with E-state index in [2.05, 4.69) is 0 Å². The monoisotopic (exact) mass is 306 g/mol. The highest BCUT2D eigenvalue weighted by Gasteiger charge is 2.21. The summed E-state index contributed by atoms with van der Waals surface area (Å²) in [4.78, 5) is 10.5. The van der Waals surface area contributed by atoms with Crippen molar-refractivity contribution in [3.8, 4) is 0 Å². The summed E-state index contributed by atoms with van der Waals surface area (Å²) in [5.74, 6) is -0.423. The molecule has 0 amide bonds. The van der Waals surface area contributed by atoms with Crippen LogP contribution in [0.15, 0.2) is 47.4 Å². The Kier molecular flexibility index (Phi) is 3.95. The van der Waals surface area contributed by atoms with Crippen LogP contribution in [0.3, 0.4) is 0 Å². The fourth-order valence-electron chi connectivity index (χ4n) is 1.94. The average Bonchev–Trinajstić information content (AvgIpc) is 2.41. The summed E-state index contributed by atoms with van der Waals surface area (Å²) < 4.78 is 24.8. The number of hydrogen-bond acceptors (Lipinski definition) is 5. The van der Waals surface area contributed by atoms with Crippen molar-refractivity contribution in [1.82, 2.24) is 0 Å². The molecule has 0 spiro atoms. The van der Waals surface area contributed by atoms with Crippen molar-refractivity contribution in [2.45, 2.75) is 17.6 Å². The van der Waals surface area contributed by atoms with Crippen LogP contribution in [0.1, 0.15) is 11.1 Å². The maximum atomic E-state index is 12.4. The zero-order valence-electron chi connectivity index (χ0n) is 11.3. The first kappa shape index (κ1) is 15.0. The van der Waals surface area contributed by atoms with E-state index in [1.54, 1.807) is 13.0 Å². The zero-order chi connectivity index (χ0) is 15.6. The lowest BCUT2D eigenvalue weighted by atomic mass is 10.2. The number of hydrogen-bond donors (Lipinski definition) is 1. The fourth-order valence-corrected chi connectivity index (χ4v) is 3.39. The molecule has 2 rings (SSSR count). The lowest BCUT2D eigenvalue weighted by molar-refractivity contribution is -0.385. The molecule has 0 radical (unpaired) electrons. The minimum absolute atomic E-state index is 0.104. The minimum Gasteiger partial charge on any atom is -0.399 e. The Balaban J connectivity index is 2.42. The first-order valence-electron chi connectivity index (χ1n) is 6.12. The van der Waals surface area contributed by atoms with Gasteiger partial charge in [0.2, 0.25) is 0 Å². The van der Waals surface area contributed by atoms with Crippen molar-refractivity contribution in [1.29, 1.82) is 0 Å². The van der Waals surface area contributed by atoms with Crippen LogP contribution in [-0.4, -0.2) is 13.3 Å². The molecule has 110 valence electrons. The number of anilines is 1. The molecule has 21 heavy (non-hydrogen) atoms. The molecule has 0 fully saturated rings. The molecule has 0 bridgehead atoms. The van der Waals surface area contributed by atoms with Gasteiger partial charge in [-0.05, 0) is 30.7 Å². The van der Waals surface area contributed by atoms with Gasteiger partial charge in [0.25, 0.3) is 5.69 Å². The normalized spacial score (nSPS) is 11.3. The summed E-state index contributed by atoms with van der Waals surface area (Å²) >= 11 is 0. The van der Waals surface area contributed by atoms with Gasteiger partial charge < -0.3 is 5.73 Å². The first-order valence-corrected chi connectivity index (χ1v) is 7.77. The Labute approximate surface area is 122 Å². The third-order valence-electron chi connectivity index (χ3n) is 3.13. The molecule has 7 heteroatoms. The molecule has 0 aliphatic carbocycles. The van der Waals surface area contributed by atoms with Crippen LogP contribution >= 0.6 is 0 Å². The van der Waals surface area contributed by atoms with Gasteiger partial charge in [-0.1, -0.05) is 18.2 Å². The van der Waals surface area contributed by atoms with Crippen molar-refractivity contribution < 1.29 is 13.3 Å². The van der Waals surface area contributed by atoms with Crippen LogP contribution in [0, 0.1) is 17.0 Å². The number of nitro groups is 1. The maximum absolute atomic E-state index is 12.4. The number of aryl methyl sites for hydroxylation is 1. The van der Waals surface area contributed by atoms with Gasteiger partial charge in [0.1, 0.15) is 0 Å². The number of sulfone groups is 1. The molecular formula is C14H14N2O4S. The van der Waals surface area contributed by atoms with Gasteiger partial charge in [0.15, 0.2) is 9.84 Å². The highest BCUT2D eigenvalue weighted by atomic mass is 32.2. The quantitative estimate of drug-likeness (QED) is 0.531. The van der Waals surface area contributed by atoms with E-state index in [1.807, 2.05) is 0 Å². The lowest BCUT2D eigenvalue weighted by Gasteiger charge is -2.07. The van der Waals surface area contributed by atoms with Crippen molar-refractivity contribution in [2.24, 2.45) is 0 Å². The number of nitrogen functional groups attached to an aromatic ring is 1. The van der Waals surface area contributed by atoms with Gasteiger partial charge >= 0.3 is 0 Å². The Morgan fingerprint density at radius 3 is 2.48 bits per heavy atom. The Bertz CT molecular complexity index is 800. The summed E-state index contributed by atoms with van der Waals surface area (Å²) in [6.07, 6.45) is 0. The largest absolute Gasteiger partial charge is 0.399 e. The Morgan fingerprint density at radius 1 is 1.19 bits per heavy atom. The molecule has 0 unspecified atom stereocenters. The van der Waals surface area contributed by atoms with Crippen LogP contribution < -0.4 is 5.73 Å². The van der Waals surface area contributed by atoms with Crippen LogP contribution in [0.5, 0.6) is 0 Å². The first-order chi connectivity index (χ1) is 9.81. The smallest absolute Gasteiger partial charge is 0.273 e. The number of nitro benzene ring substituents is 1. The molecule has 2 N–H and O–H groups in total. The van der Waals surface area contributed by atoms with E-state index in [-0.39, 0.29) is 16.1 Å². The van der Waals surface area contributed by atoms with Crippen LogP contribution in [0.2, 0.25) is 0 Å². The summed E-state index contributed by atoms with van der Waals surface area (Å²) in [5, 5.41) is 10.9. The highest BCUT2D eigenvalue weighted by molar-refractivity contribution is 7.90. The molecule has 2 aromatic rings. The summed E-state index contributed by atoms with van der Waals surface area (Å²) in [6.45, 7) is 1.71. The molecule has 0 aliphatic rings. The van der Waals surface area contributed by atoms with Gasteiger partial charge in [-0.3, -0.25) is 10.1 Å². The van der Waals surface area contributed by atoms with E-state index in [0.29, 0.717) is 11.3 Å². The maximum Gasteiger partial charge on any atom is 0.273 e. The number of nitrogens with two attached hydrogens (primary N) is 1. The second-order valence-corrected chi connectivity index (χ2v) is 6.65. The van der Waals surface area contributed by atoms with E-state index in [4.69, 9.17) is 5.73 Å². The Morgan fingerprint density at radius 2 is 1.86 bits per heavy atom. The number of para-hydroxylation sites is 1. The molecule has 0 aromatic heterocycles. The predicted octanol–water partition coefficient (Wildman–Crippen LogP) is 2.46. The van der Waals surface area contributed by atoms with E-state index in [1.165, 1.54) is 36.4 Å². The molecule has 0 aliphatic heterocycles. The van der Waals surface area contributed by atoms with Gasteiger partial charge in [-0.25, -0.2) is 8.42 Å². The number of rotatable bonds is 4. The number of benzene rings is 2. The summed E-state index contributed by atoms with van der Waals surface area (Å²) in [5.41, 5.74) is 6.78. The molecule has 0 saturated carbocycles. The van der Waals surface area contributed by atoms with E-state index < -0.39 is 20.5 Å². The summed E-state index contributed by atoms with van der Waals surface area (Å²) in [7, 11) is -3.67. The van der Waals surface area contributed by atoms with Gasteiger partial charge in [-0.15, -0.1) is 0 Å². The van der Waals surface area contributed by atoms with Crippen LogP contribution in [0.4, 0.5) is 11.4 Å². The Hall–Kier alpha value is -2.41. The predicted molar refractivity (Wildman–Crippen MR) is 79.6 cm³/mol. The zero-order valence-corrected chi connectivity index (χ0v) is 12.1. The average molecular weight is 306 g/mol. The van der Waals surface area contributed by atoms with Crippen molar-refractivity contribution in [3.63, 3.8) is 0 Å². The van der Waals surface area contributed by atoms with E-state index in [0.717, 1.165) is 0 Å². The second-order valence-electron chi connectivity index (χ2n) is 4.66. The third kappa shape index (κ3) is 3.19. The fraction of sp³-hybridized carbons (Fsp3) is 0.143. The lowest BCUT2D eigenvalue weighted by Crippen LogP contribution is -2.07. The van der Waals surface area contributed by atoms with Crippen LogP contribution in [-0.2, 0) is 15.6 Å². The van der Waals surface area contributed by atoms with Gasteiger partial charge in [-0.2, -0.15) is 0 Å². The standard InChI is InChI=1S/C14H14N2O4S/c1-10-8-12(6-7-13(10)15)21(19,20)9-11-4-2-3-5-14(11)16(17)18/h2-8H,9,15H2,1H3. The number of nitrogens with zero attached hydrogens (tertiary/aromatic N) is 1. The molecule has 2 aromatic carbocycles. The topological polar surface area (TPSA) is 103 Å². The van der Waals surface area contributed by atoms with Gasteiger partial charge in [0.05, 0.1) is 15.6 Å². The minimum atomic E-state index is -3.67. The van der Waals surface area contributed by atoms with E-state index >= 15 is 0 Å². The van der Waals surface area contributed by atoms with Crippen molar-refractivity contribution in [3.05, 3.63) is 63.7 Å². The summed E-state index contributed by atoms with van der Waals surface area (Å²) in [6, 6.07) is 10.2.